The molecule has 0 saturated carbocycles. The Hall–Kier alpha value is -1.72. The number of rotatable bonds is 2. The standard InChI is InChI=1S/C9H7F3N2O/c10-9(11,12)6-15-7-1-3-14-4-2-13-8(14)5-7/h1-5H,6H2. The molecule has 0 bridgehead atoms. The summed E-state index contributed by atoms with van der Waals surface area (Å²) in [5.74, 6) is 0.158. The number of ether oxygens (including phenoxy) is 1. The first kappa shape index (κ1) is 9.82. The van der Waals surface area contributed by atoms with Gasteiger partial charge >= 0.3 is 6.18 Å². The predicted octanol–water partition coefficient (Wildman–Crippen LogP) is 2.28. The van der Waals surface area contributed by atoms with E-state index >= 15 is 0 Å². The lowest BCUT2D eigenvalue weighted by Crippen LogP contribution is -2.19. The monoisotopic (exact) mass is 216 g/mol. The first-order chi connectivity index (χ1) is 7.04. The van der Waals surface area contributed by atoms with Gasteiger partial charge in [0, 0.05) is 24.7 Å². The van der Waals surface area contributed by atoms with Crippen LogP contribution in [-0.2, 0) is 0 Å². The first-order valence-corrected chi connectivity index (χ1v) is 4.17. The molecule has 6 heteroatoms. The minimum absolute atomic E-state index is 0.158. The summed E-state index contributed by atoms with van der Waals surface area (Å²) in [7, 11) is 0. The van der Waals surface area contributed by atoms with Crippen LogP contribution in [0.4, 0.5) is 13.2 Å². The van der Waals surface area contributed by atoms with Gasteiger partial charge in [-0.15, -0.1) is 0 Å². The van der Waals surface area contributed by atoms with Crippen molar-refractivity contribution in [3.05, 3.63) is 30.7 Å². The molecular weight excluding hydrogens is 209 g/mol. The summed E-state index contributed by atoms with van der Waals surface area (Å²) in [6, 6.07) is 2.91. The second-order valence-corrected chi connectivity index (χ2v) is 2.96. The maximum atomic E-state index is 11.8. The third-order valence-electron chi connectivity index (χ3n) is 1.77. The third kappa shape index (κ3) is 2.39. The minimum Gasteiger partial charge on any atom is -0.484 e. The van der Waals surface area contributed by atoms with Crippen molar-refractivity contribution in [3.63, 3.8) is 0 Å². The molecular formula is C9H7F3N2O. The number of hydrogen-bond acceptors (Lipinski definition) is 2. The fourth-order valence-corrected chi connectivity index (χ4v) is 1.15. The predicted molar refractivity (Wildman–Crippen MR) is 46.7 cm³/mol. The van der Waals surface area contributed by atoms with Gasteiger partial charge in [0.1, 0.15) is 11.4 Å². The van der Waals surface area contributed by atoms with Gasteiger partial charge in [-0.25, -0.2) is 4.98 Å². The van der Waals surface area contributed by atoms with E-state index in [9.17, 15) is 13.2 Å². The largest absolute Gasteiger partial charge is 0.484 e. The Labute approximate surface area is 83.1 Å². The zero-order valence-corrected chi connectivity index (χ0v) is 7.53. The summed E-state index contributed by atoms with van der Waals surface area (Å²) in [5, 5.41) is 0. The Balaban J connectivity index is 2.15. The molecule has 2 aromatic heterocycles. The number of imidazole rings is 1. The number of aromatic nitrogens is 2. The highest BCUT2D eigenvalue weighted by Crippen LogP contribution is 2.19. The van der Waals surface area contributed by atoms with Gasteiger partial charge in [-0.3, -0.25) is 0 Å². The number of nitrogens with zero attached hydrogens (tertiary/aromatic N) is 2. The van der Waals surface area contributed by atoms with Crippen molar-refractivity contribution >= 4 is 5.65 Å². The van der Waals surface area contributed by atoms with Crippen LogP contribution < -0.4 is 4.74 Å². The van der Waals surface area contributed by atoms with Crippen molar-refractivity contribution in [1.29, 1.82) is 0 Å². The van der Waals surface area contributed by atoms with Crippen molar-refractivity contribution in [2.24, 2.45) is 0 Å². The number of fused-ring (bicyclic) bond motifs is 1. The van der Waals surface area contributed by atoms with Gasteiger partial charge in [0.2, 0.25) is 0 Å². The van der Waals surface area contributed by atoms with Crippen LogP contribution >= 0.6 is 0 Å². The average molecular weight is 216 g/mol. The van der Waals surface area contributed by atoms with Gasteiger partial charge in [-0.1, -0.05) is 0 Å². The van der Waals surface area contributed by atoms with E-state index in [2.05, 4.69) is 9.72 Å². The SMILES string of the molecule is FC(F)(F)COc1ccn2ccnc2c1. The Bertz CT molecular complexity index is 464. The molecule has 0 spiro atoms. The summed E-state index contributed by atoms with van der Waals surface area (Å²) < 4.78 is 41.8. The van der Waals surface area contributed by atoms with Crippen LogP contribution in [0.2, 0.25) is 0 Å². The number of hydrogen-bond donors (Lipinski definition) is 0. The molecule has 0 N–H and O–H groups in total. The molecule has 0 aliphatic heterocycles. The van der Waals surface area contributed by atoms with E-state index in [4.69, 9.17) is 0 Å². The van der Waals surface area contributed by atoms with Crippen LogP contribution in [0.3, 0.4) is 0 Å². The summed E-state index contributed by atoms with van der Waals surface area (Å²) in [6.07, 6.45) is 0.529. The fraction of sp³-hybridized carbons (Fsp3) is 0.222. The topological polar surface area (TPSA) is 26.5 Å². The zero-order valence-electron chi connectivity index (χ0n) is 7.53. The lowest BCUT2D eigenvalue weighted by molar-refractivity contribution is -0.153. The summed E-state index contributed by atoms with van der Waals surface area (Å²) in [6.45, 7) is -1.29. The smallest absolute Gasteiger partial charge is 0.422 e. The Kier molecular flexibility index (Phi) is 2.26. The van der Waals surface area contributed by atoms with Gasteiger partial charge in [0.15, 0.2) is 6.61 Å². The van der Waals surface area contributed by atoms with E-state index in [1.165, 1.54) is 12.1 Å². The Morgan fingerprint density at radius 1 is 1.33 bits per heavy atom. The molecule has 80 valence electrons. The highest BCUT2D eigenvalue weighted by atomic mass is 19.4. The molecule has 0 saturated heterocycles. The molecule has 15 heavy (non-hydrogen) atoms. The number of halogens is 3. The quantitative estimate of drug-likeness (QED) is 0.769. The van der Waals surface area contributed by atoms with Crippen LogP contribution in [0, 0.1) is 0 Å². The first-order valence-electron chi connectivity index (χ1n) is 4.17. The van der Waals surface area contributed by atoms with E-state index < -0.39 is 12.8 Å². The second kappa shape index (κ2) is 3.45. The molecule has 0 aromatic carbocycles. The van der Waals surface area contributed by atoms with Crippen molar-refractivity contribution in [3.8, 4) is 5.75 Å². The van der Waals surface area contributed by atoms with Crippen molar-refractivity contribution in [2.75, 3.05) is 6.61 Å². The maximum absolute atomic E-state index is 11.8. The molecule has 0 fully saturated rings. The van der Waals surface area contributed by atoms with Crippen LogP contribution in [-0.4, -0.2) is 22.2 Å². The van der Waals surface area contributed by atoms with E-state index in [1.807, 2.05) is 0 Å². The van der Waals surface area contributed by atoms with E-state index in [-0.39, 0.29) is 5.75 Å². The molecule has 2 aromatic rings. The van der Waals surface area contributed by atoms with Crippen LogP contribution in [0.25, 0.3) is 5.65 Å². The van der Waals surface area contributed by atoms with Crippen molar-refractivity contribution in [1.82, 2.24) is 9.38 Å². The van der Waals surface area contributed by atoms with Gasteiger partial charge in [0.25, 0.3) is 0 Å². The highest BCUT2D eigenvalue weighted by Gasteiger charge is 2.28. The normalized spacial score (nSPS) is 11.9. The maximum Gasteiger partial charge on any atom is 0.422 e. The molecule has 2 heterocycles. The summed E-state index contributed by atoms with van der Waals surface area (Å²) in [5.41, 5.74) is 0.551. The van der Waals surface area contributed by atoms with Crippen LogP contribution in [0.15, 0.2) is 30.7 Å². The van der Waals surface area contributed by atoms with Gasteiger partial charge in [-0.2, -0.15) is 13.2 Å². The second-order valence-electron chi connectivity index (χ2n) is 2.96. The van der Waals surface area contributed by atoms with Gasteiger partial charge in [-0.05, 0) is 6.07 Å². The van der Waals surface area contributed by atoms with Crippen molar-refractivity contribution in [2.45, 2.75) is 6.18 Å². The summed E-state index contributed by atoms with van der Waals surface area (Å²) >= 11 is 0. The number of alkyl halides is 3. The molecule has 3 nitrogen and oxygen atoms in total. The highest BCUT2D eigenvalue weighted by molar-refractivity contribution is 5.43. The number of pyridine rings is 1. The lowest BCUT2D eigenvalue weighted by atomic mass is 10.4. The van der Waals surface area contributed by atoms with E-state index in [0.29, 0.717) is 5.65 Å². The molecule has 0 radical (unpaired) electrons. The molecule has 0 unspecified atom stereocenters. The third-order valence-corrected chi connectivity index (χ3v) is 1.77. The minimum atomic E-state index is -4.32. The molecule has 0 amide bonds. The molecule has 0 aliphatic carbocycles. The molecule has 2 rings (SSSR count). The van der Waals surface area contributed by atoms with E-state index in [0.717, 1.165) is 0 Å². The Morgan fingerprint density at radius 3 is 2.87 bits per heavy atom. The lowest BCUT2D eigenvalue weighted by Gasteiger charge is -2.08. The van der Waals surface area contributed by atoms with E-state index in [1.54, 1.807) is 23.0 Å². The molecule has 0 aliphatic rings. The fourth-order valence-electron chi connectivity index (χ4n) is 1.15. The Morgan fingerprint density at radius 2 is 2.13 bits per heavy atom. The van der Waals surface area contributed by atoms with Gasteiger partial charge in [0.05, 0.1) is 0 Å². The van der Waals surface area contributed by atoms with Crippen LogP contribution in [0.1, 0.15) is 0 Å². The molecule has 0 atom stereocenters. The average Bonchev–Trinajstić information content (AvgIpc) is 2.60. The van der Waals surface area contributed by atoms with Crippen LogP contribution in [0.5, 0.6) is 5.75 Å². The van der Waals surface area contributed by atoms with Crippen molar-refractivity contribution < 1.29 is 17.9 Å². The summed E-state index contributed by atoms with van der Waals surface area (Å²) in [4.78, 5) is 3.93. The zero-order chi connectivity index (χ0) is 10.9. The van der Waals surface area contributed by atoms with Gasteiger partial charge < -0.3 is 9.14 Å².